The average Bonchev–Trinajstić information content (AvgIpc) is 2.54. The third kappa shape index (κ3) is 2.78. The molecule has 2 aromatic rings. The Labute approximate surface area is 124 Å². The molecule has 0 saturated carbocycles. The monoisotopic (exact) mass is 279 g/mol. The number of anilines is 1. The SMILES string of the molecule is CN(C(=O)C(C)(N)c1ccccc1)c1ccccc1C#N. The summed E-state index contributed by atoms with van der Waals surface area (Å²) in [6.45, 7) is 1.68. The van der Waals surface area contributed by atoms with E-state index in [-0.39, 0.29) is 5.91 Å². The number of carbonyl (C=O) groups excluding carboxylic acids is 1. The molecule has 2 N–H and O–H groups in total. The second kappa shape index (κ2) is 5.78. The Kier molecular flexibility index (Phi) is 4.06. The molecule has 0 saturated heterocycles. The summed E-state index contributed by atoms with van der Waals surface area (Å²) >= 11 is 0. The number of nitrogens with two attached hydrogens (primary N) is 1. The zero-order valence-electron chi connectivity index (χ0n) is 12.1. The van der Waals surface area contributed by atoms with E-state index < -0.39 is 5.54 Å². The quantitative estimate of drug-likeness (QED) is 0.937. The van der Waals surface area contributed by atoms with Crippen LogP contribution in [0, 0.1) is 11.3 Å². The number of rotatable bonds is 3. The van der Waals surface area contributed by atoms with Crippen LogP contribution in [0.5, 0.6) is 0 Å². The molecule has 0 aliphatic heterocycles. The van der Waals surface area contributed by atoms with E-state index in [0.29, 0.717) is 11.3 Å². The van der Waals surface area contributed by atoms with Gasteiger partial charge in [-0.15, -0.1) is 0 Å². The lowest BCUT2D eigenvalue weighted by Crippen LogP contribution is -2.50. The zero-order valence-corrected chi connectivity index (χ0v) is 12.1. The van der Waals surface area contributed by atoms with Crippen LogP contribution in [0.2, 0.25) is 0 Å². The van der Waals surface area contributed by atoms with Crippen LogP contribution < -0.4 is 10.6 Å². The number of benzene rings is 2. The zero-order chi connectivity index (χ0) is 15.5. The highest BCUT2D eigenvalue weighted by molar-refractivity contribution is 6.00. The molecule has 4 heteroatoms. The fourth-order valence-corrected chi connectivity index (χ4v) is 2.23. The van der Waals surface area contributed by atoms with Gasteiger partial charge in [0.1, 0.15) is 11.6 Å². The topological polar surface area (TPSA) is 70.1 Å². The molecule has 1 amide bonds. The number of nitrogens with zero attached hydrogens (tertiary/aromatic N) is 2. The third-order valence-electron chi connectivity index (χ3n) is 3.51. The van der Waals surface area contributed by atoms with Crippen molar-refractivity contribution >= 4 is 11.6 Å². The molecule has 0 fully saturated rings. The second-order valence-corrected chi connectivity index (χ2v) is 5.06. The van der Waals surface area contributed by atoms with Crippen LogP contribution in [0.25, 0.3) is 0 Å². The molecular formula is C17H17N3O. The molecule has 2 aromatic carbocycles. The van der Waals surface area contributed by atoms with E-state index in [1.54, 1.807) is 38.2 Å². The van der Waals surface area contributed by atoms with Crippen molar-refractivity contribution in [2.45, 2.75) is 12.5 Å². The van der Waals surface area contributed by atoms with Crippen molar-refractivity contribution < 1.29 is 4.79 Å². The summed E-state index contributed by atoms with van der Waals surface area (Å²) in [6.07, 6.45) is 0. The van der Waals surface area contributed by atoms with Gasteiger partial charge in [0.15, 0.2) is 0 Å². The van der Waals surface area contributed by atoms with E-state index >= 15 is 0 Å². The molecule has 4 nitrogen and oxygen atoms in total. The molecule has 2 rings (SSSR count). The van der Waals surface area contributed by atoms with Crippen LogP contribution in [0.1, 0.15) is 18.1 Å². The number of amides is 1. The van der Waals surface area contributed by atoms with Gasteiger partial charge in [-0.2, -0.15) is 5.26 Å². The largest absolute Gasteiger partial charge is 0.314 e. The molecule has 0 radical (unpaired) electrons. The van der Waals surface area contributed by atoms with E-state index in [9.17, 15) is 4.79 Å². The third-order valence-corrected chi connectivity index (χ3v) is 3.51. The maximum absolute atomic E-state index is 12.7. The molecule has 0 aliphatic rings. The summed E-state index contributed by atoms with van der Waals surface area (Å²) < 4.78 is 0. The molecule has 0 aliphatic carbocycles. The summed E-state index contributed by atoms with van der Waals surface area (Å²) in [7, 11) is 1.63. The van der Waals surface area contributed by atoms with Crippen LogP contribution in [0.3, 0.4) is 0 Å². The number of carbonyl (C=O) groups is 1. The van der Waals surface area contributed by atoms with Crippen molar-refractivity contribution in [3.05, 3.63) is 65.7 Å². The van der Waals surface area contributed by atoms with Crippen molar-refractivity contribution in [3.8, 4) is 6.07 Å². The number of nitriles is 1. The Bertz CT molecular complexity index is 687. The van der Waals surface area contributed by atoms with Crippen molar-refractivity contribution in [1.29, 1.82) is 5.26 Å². The molecule has 1 unspecified atom stereocenters. The van der Waals surface area contributed by atoms with Gasteiger partial charge in [-0.1, -0.05) is 42.5 Å². The van der Waals surface area contributed by atoms with Gasteiger partial charge < -0.3 is 10.6 Å². The number of hydrogen-bond acceptors (Lipinski definition) is 3. The molecular weight excluding hydrogens is 262 g/mol. The molecule has 0 heterocycles. The van der Waals surface area contributed by atoms with Crippen molar-refractivity contribution in [3.63, 3.8) is 0 Å². The Balaban J connectivity index is 2.38. The second-order valence-electron chi connectivity index (χ2n) is 5.06. The Morgan fingerprint density at radius 3 is 2.33 bits per heavy atom. The summed E-state index contributed by atoms with van der Waals surface area (Å²) in [5.41, 5.74) is 6.81. The van der Waals surface area contributed by atoms with Gasteiger partial charge in [0.05, 0.1) is 11.3 Å². The lowest BCUT2D eigenvalue weighted by atomic mass is 9.91. The van der Waals surface area contributed by atoms with Crippen LogP contribution in [0.4, 0.5) is 5.69 Å². The number of likely N-dealkylation sites (N-methyl/N-ethyl adjacent to an activating group) is 1. The molecule has 0 aromatic heterocycles. The highest BCUT2D eigenvalue weighted by atomic mass is 16.2. The number of para-hydroxylation sites is 1. The van der Waals surface area contributed by atoms with Crippen LogP contribution in [-0.4, -0.2) is 13.0 Å². The van der Waals surface area contributed by atoms with Crippen molar-refractivity contribution in [2.24, 2.45) is 5.73 Å². The summed E-state index contributed by atoms with van der Waals surface area (Å²) in [5.74, 6) is -0.267. The van der Waals surface area contributed by atoms with Crippen molar-refractivity contribution in [1.82, 2.24) is 0 Å². The van der Waals surface area contributed by atoms with Gasteiger partial charge in [0, 0.05) is 7.05 Å². The van der Waals surface area contributed by atoms with E-state index in [4.69, 9.17) is 11.0 Å². The highest BCUT2D eigenvalue weighted by Crippen LogP contribution is 2.25. The highest BCUT2D eigenvalue weighted by Gasteiger charge is 2.34. The Hall–Kier alpha value is -2.64. The van der Waals surface area contributed by atoms with Crippen LogP contribution >= 0.6 is 0 Å². The van der Waals surface area contributed by atoms with Gasteiger partial charge in [0.25, 0.3) is 5.91 Å². The van der Waals surface area contributed by atoms with E-state index in [0.717, 1.165) is 5.56 Å². The van der Waals surface area contributed by atoms with Gasteiger partial charge in [-0.3, -0.25) is 4.79 Å². The minimum Gasteiger partial charge on any atom is -0.314 e. The predicted molar refractivity (Wildman–Crippen MR) is 82.5 cm³/mol. The molecule has 0 bridgehead atoms. The summed E-state index contributed by atoms with van der Waals surface area (Å²) in [6, 6.07) is 18.3. The Morgan fingerprint density at radius 2 is 1.71 bits per heavy atom. The standard InChI is InChI=1S/C17H17N3O/c1-17(19,14-9-4-3-5-10-14)16(21)20(2)15-11-7-6-8-13(15)12-18/h3-11H,19H2,1-2H3. The predicted octanol–water partition coefficient (Wildman–Crippen LogP) is 2.40. The first-order chi connectivity index (χ1) is 9.98. The van der Waals surface area contributed by atoms with Gasteiger partial charge >= 0.3 is 0 Å². The fourth-order valence-electron chi connectivity index (χ4n) is 2.23. The summed E-state index contributed by atoms with van der Waals surface area (Å²) in [5, 5.41) is 9.15. The molecule has 1 atom stereocenters. The van der Waals surface area contributed by atoms with E-state index in [1.807, 2.05) is 30.3 Å². The molecule has 0 spiro atoms. The van der Waals surface area contributed by atoms with Gasteiger partial charge in [-0.05, 0) is 24.6 Å². The normalized spacial score (nSPS) is 13.0. The van der Waals surface area contributed by atoms with E-state index in [2.05, 4.69) is 6.07 Å². The minimum atomic E-state index is -1.15. The number of hydrogen-bond donors (Lipinski definition) is 1. The average molecular weight is 279 g/mol. The lowest BCUT2D eigenvalue weighted by Gasteiger charge is -2.30. The molecule has 21 heavy (non-hydrogen) atoms. The molecule has 106 valence electrons. The van der Waals surface area contributed by atoms with Crippen molar-refractivity contribution in [2.75, 3.05) is 11.9 Å². The first kappa shape index (κ1) is 14.8. The lowest BCUT2D eigenvalue weighted by molar-refractivity contribution is -0.123. The maximum Gasteiger partial charge on any atom is 0.251 e. The smallest absolute Gasteiger partial charge is 0.251 e. The van der Waals surface area contributed by atoms with Gasteiger partial charge in [-0.25, -0.2) is 0 Å². The van der Waals surface area contributed by atoms with Crippen LogP contribution in [0.15, 0.2) is 54.6 Å². The maximum atomic E-state index is 12.7. The van der Waals surface area contributed by atoms with Crippen LogP contribution in [-0.2, 0) is 10.3 Å². The first-order valence-corrected chi connectivity index (χ1v) is 6.60. The first-order valence-electron chi connectivity index (χ1n) is 6.60. The summed E-state index contributed by atoms with van der Waals surface area (Å²) in [4.78, 5) is 14.2. The minimum absolute atomic E-state index is 0.267. The van der Waals surface area contributed by atoms with E-state index in [1.165, 1.54) is 4.90 Å². The Morgan fingerprint density at radius 1 is 1.14 bits per heavy atom. The van der Waals surface area contributed by atoms with Gasteiger partial charge in [0.2, 0.25) is 0 Å². The fraction of sp³-hybridized carbons (Fsp3) is 0.176.